The highest BCUT2D eigenvalue weighted by Crippen LogP contribution is 2.20. The molecule has 6 nitrogen and oxygen atoms in total. The summed E-state index contributed by atoms with van der Waals surface area (Å²) in [5.74, 6) is 0.853. The van der Waals surface area contributed by atoms with Crippen molar-refractivity contribution in [1.82, 2.24) is 15.5 Å². The maximum absolute atomic E-state index is 11.8. The number of piperazine rings is 1. The van der Waals surface area contributed by atoms with Gasteiger partial charge in [-0.05, 0) is 42.3 Å². The normalized spacial score (nSPS) is 14.2. The fourth-order valence-corrected chi connectivity index (χ4v) is 3.70. The van der Waals surface area contributed by atoms with Gasteiger partial charge in [-0.1, -0.05) is 29.8 Å². The molecular weight excluding hydrogens is 513 g/mol. The number of nitrogens with zero attached hydrogens (tertiary/aromatic N) is 3. The van der Waals surface area contributed by atoms with Crippen LogP contribution >= 0.6 is 35.6 Å². The van der Waals surface area contributed by atoms with Crippen molar-refractivity contribution in [2.75, 3.05) is 51.7 Å². The van der Waals surface area contributed by atoms with Crippen LogP contribution in [-0.2, 0) is 6.42 Å². The Kier molecular flexibility index (Phi) is 9.71. The van der Waals surface area contributed by atoms with Crippen molar-refractivity contribution in [3.05, 3.63) is 64.7 Å². The molecule has 1 aliphatic heterocycles. The molecule has 1 heterocycles. The van der Waals surface area contributed by atoms with E-state index in [1.807, 2.05) is 49.5 Å². The molecule has 0 saturated carbocycles. The Bertz CT molecular complexity index is 868. The van der Waals surface area contributed by atoms with E-state index < -0.39 is 0 Å². The van der Waals surface area contributed by atoms with Crippen molar-refractivity contribution in [2.24, 2.45) is 4.99 Å². The third kappa shape index (κ3) is 6.50. The predicted molar refractivity (Wildman–Crippen MR) is 136 cm³/mol. The fourth-order valence-electron chi connectivity index (χ4n) is 3.51. The Morgan fingerprint density at radius 1 is 1.10 bits per heavy atom. The van der Waals surface area contributed by atoms with Crippen molar-refractivity contribution < 1.29 is 4.79 Å². The van der Waals surface area contributed by atoms with Gasteiger partial charge >= 0.3 is 0 Å². The number of hydrogen-bond acceptors (Lipinski definition) is 3. The van der Waals surface area contributed by atoms with Crippen LogP contribution in [0.15, 0.2) is 53.5 Å². The minimum atomic E-state index is -0.0619. The van der Waals surface area contributed by atoms with E-state index in [0.29, 0.717) is 5.56 Å². The number of amides is 1. The van der Waals surface area contributed by atoms with Gasteiger partial charge in [-0.15, -0.1) is 24.0 Å². The average molecular weight is 542 g/mol. The summed E-state index contributed by atoms with van der Waals surface area (Å²) in [7, 11) is 3.46. The Morgan fingerprint density at radius 3 is 2.50 bits per heavy atom. The third-order valence-electron chi connectivity index (χ3n) is 5.08. The van der Waals surface area contributed by atoms with Gasteiger partial charge in [0.05, 0.1) is 0 Å². The van der Waals surface area contributed by atoms with Crippen LogP contribution in [0.2, 0.25) is 5.02 Å². The SMILES string of the molecule is CN=C(NCCc1cccc(C(=O)NC)c1)N1CCN(c2cccc(Cl)c2)CC1.I. The lowest BCUT2D eigenvalue weighted by molar-refractivity contribution is 0.0963. The maximum atomic E-state index is 11.8. The summed E-state index contributed by atoms with van der Waals surface area (Å²) < 4.78 is 0. The summed E-state index contributed by atoms with van der Waals surface area (Å²) in [4.78, 5) is 20.9. The molecule has 1 aliphatic rings. The topological polar surface area (TPSA) is 60.0 Å². The highest BCUT2D eigenvalue weighted by Gasteiger charge is 2.19. The molecule has 0 atom stereocenters. The van der Waals surface area contributed by atoms with E-state index in [-0.39, 0.29) is 29.9 Å². The molecule has 30 heavy (non-hydrogen) atoms. The number of halogens is 2. The number of benzene rings is 2. The van der Waals surface area contributed by atoms with Gasteiger partial charge in [-0.3, -0.25) is 9.79 Å². The monoisotopic (exact) mass is 541 g/mol. The van der Waals surface area contributed by atoms with Gasteiger partial charge in [0.2, 0.25) is 0 Å². The van der Waals surface area contributed by atoms with Gasteiger partial charge in [0.25, 0.3) is 5.91 Å². The van der Waals surface area contributed by atoms with Crippen LogP contribution in [0.1, 0.15) is 15.9 Å². The summed E-state index contributed by atoms with van der Waals surface area (Å²) >= 11 is 6.12. The number of guanidine groups is 1. The number of rotatable bonds is 5. The molecule has 162 valence electrons. The Morgan fingerprint density at radius 2 is 1.83 bits per heavy atom. The second-order valence-corrected chi connectivity index (χ2v) is 7.39. The molecule has 2 N–H and O–H groups in total. The lowest BCUT2D eigenvalue weighted by Crippen LogP contribution is -2.52. The van der Waals surface area contributed by atoms with E-state index >= 15 is 0 Å². The van der Waals surface area contributed by atoms with Gasteiger partial charge in [0.15, 0.2) is 5.96 Å². The standard InChI is InChI=1S/C22H28ClN5O.HI/c1-24-21(29)18-6-3-5-17(15-18)9-10-26-22(25-2)28-13-11-27(12-14-28)20-8-4-7-19(23)16-20;/h3-8,15-16H,9-14H2,1-2H3,(H,24,29)(H,25,26);1H. The van der Waals surface area contributed by atoms with E-state index in [2.05, 4.69) is 31.5 Å². The number of aliphatic imine (C=N–C) groups is 1. The molecule has 0 radical (unpaired) electrons. The maximum Gasteiger partial charge on any atom is 0.251 e. The minimum absolute atomic E-state index is 0. The van der Waals surface area contributed by atoms with Crippen molar-refractivity contribution in [3.63, 3.8) is 0 Å². The molecule has 3 rings (SSSR count). The van der Waals surface area contributed by atoms with Crippen LogP contribution in [0.5, 0.6) is 0 Å². The summed E-state index contributed by atoms with van der Waals surface area (Å²) in [5.41, 5.74) is 2.97. The molecule has 8 heteroatoms. The summed E-state index contributed by atoms with van der Waals surface area (Å²) in [6, 6.07) is 15.7. The van der Waals surface area contributed by atoms with Gasteiger partial charge in [0, 0.05) is 63.1 Å². The van der Waals surface area contributed by atoms with E-state index in [9.17, 15) is 4.79 Å². The first-order valence-corrected chi connectivity index (χ1v) is 10.3. The molecule has 0 bridgehead atoms. The predicted octanol–water partition coefficient (Wildman–Crippen LogP) is 3.26. The number of carbonyl (C=O) groups is 1. The van der Waals surface area contributed by atoms with Crippen LogP contribution in [0.3, 0.4) is 0 Å². The average Bonchev–Trinajstić information content (AvgIpc) is 2.76. The van der Waals surface area contributed by atoms with Gasteiger partial charge < -0.3 is 20.4 Å². The van der Waals surface area contributed by atoms with Crippen LogP contribution < -0.4 is 15.5 Å². The molecule has 0 spiro atoms. The fraction of sp³-hybridized carbons (Fsp3) is 0.364. The van der Waals surface area contributed by atoms with E-state index in [4.69, 9.17) is 11.6 Å². The Labute approximate surface area is 200 Å². The Balaban J connectivity index is 0.00000320. The zero-order valence-corrected chi connectivity index (χ0v) is 20.5. The molecule has 2 aromatic carbocycles. The van der Waals surface area contributed by atoms with E-state index in [1.165, 1.54) is 0 Å². The van der Waals surface area contributed by atoms with Crippen molar-refractivity contribution >= 4 is 53.1 Å². The van der Waals surface area contributed by atoms with Crippen LogP contribution in [-0.4, -0.2) is 63.6 Å². The molecule has 2 aromatic rings. The van der Waals surface area contributed by atoms with Gasteiger partial charge in [0.1, 0.15) is 0 Å². The second kappa shape index (κ2) is 12.0. The summed E-state index contributed by atoms with van der Waals surface area (Å²) in [6.45, 7) is 4.42. The summed E-state index contributed by atoms with van der Waals surface area (Å²) in [5, 5.41) is 6.88. The van der Waals surface area contributed by atoms with Crippen LogP contribution in [0.25, 0.3) is 0 Å². The second-order valence-electron chi connectivity index (χ2n) is 6.96. The van der Waals surface area contributed by atoms with Crippen molar-refractivity contribution in [3.8, 4) is 0 Å². The molecular formula is C22H29ClIN5O. The minimum Gasteiger partial charge on any atom is -0.368 e. The largest absolute Gasteiger partial charge is 0.368 e. The third-order valence-corrected chi connectivity index (χ3v) is 5.31. The first-order chi connectivity index (χ1) is 14.1. The summed E-state index contributed by atoms with van der Waals surface area (Å²) in [6.07, 6.45) is 0.826. The molecule has 0 aromatic heterocycles. The van der Waals surface area contributed by atoms with Crippen molar-refractivity contribution in [2.45, 2.75) is 6.42 Å². The zero-order chi connectivity index (χ0) is 20.6. The smallest absolute Gasteiger partial charge is 0.251 e. The first-order valence-electron chi connectivity index (χ1n) is 9.88. The Hall–Kier alpha value is -2.00. The molecule has 1 saturated heterocycles. The van der Waals surface area contributed by atoms with Crippen LogP contribution in [0, 0.1) is 0 Å². The highest BCUT2D eigenvalue weighted by atomic mass is 127. The molecule has 0 unspecified atom stereocenters. The number of anilines is 1. The van der Waals surface area contributed by atoms with Crippen LogP contribution in [0.4, 0.5) is 5.69 Å². The molecule has 0 aliphatic carbocycles. The molecule has 1 fully saturated rings. The van der Waals surface area contributed by atoms with E-state index in [0.717, 1.165) is 61.4 Å². The first kappa shape index (κ1) is 24.3. The van der Waals surface area contributed by atoms with Gasteiger partial charge in [-0.25, -0.2) is 0 Å². The lowest BCUT2D eigenvalue weighted by Gasteiger charge is -2.37. The lowest BCUT2D eigenvalue weighted by atomic mass is 10.1. The number of hydrogen-bond donors (Lipinski definition) is 2. The number of nitrogens with one attached hydrogen (secondary N) is 2. The highest BCUT2D eigenvalue weighted by molar-refractivity contribution is 14.0. The van der Waals surface area contributed by atoms with Gasteiger partial charge in [-0.2, -0.15) is 0 Å². The zero-order valence-electron chi connectivity index (χ0n) is 17.4. The quantitative estimate of drug-likeness (QED) is 0.347. The van der Waals surface area contributed by atoms with E-state index in [1.54, 1.807) is 7.05 Å². The molecule has 1 amide bonds. The number of carbonyl (C=O) groups excluding carboxylic acids is 1. The van der Waals surface area contributed by atoms with Crippen molar-refractivity contribution in [1.29, 1.82) is 0 Å².